The molecule has 4 aliphatic rings. The molecule has 0 spiro atoms. The molecule has 7 rings (SSSR count). The van der Waals surface area contributed by atoms with Crippen molar-refractivity contribution in [2.75, 3.05) is 0 Å². The van der Waals surface area contributed by atoms with Crippen LogP contribution in [-0.2, 0) is 0 Å². The predicted octanol–water partition coefficient (Wildman–Crippen LogP) is 6.34. The van der Waals surface area contributed by atoms with Crippen LogP contribution < -0.4 is 0 Å². The van der Waals surface area contributed by atoms with Gasteiger partial charge < -0.3 is 9.55 Å². The van der Waals surface area contributed by atoms with Crippen LogP contribution in [0.15, 0.2) is 36.7 Å². The lowest BCUT2D eigenvalue weighted by atomic mass is 9.73. The standard InChI is InChI=1S/C28H37N5/c1-2-7-20-14-19(6-1)15-23(16-20)32-21-8-5-9-22(32)18-24(17-21)33-26-11-4-3-10-25(26)31-28(33)27-29-12-13-30-27/h3-4,10-13,19-24H,1-2,5-9,14-18H2,(H,29,30)/t19-,20+,21-,22+,23?,24?. The Morgan fingerprint density at radius 1 is 0.758 bits per heavy atom. The van der Waals surface area contributed by atoms with E-state index >= 15 is 0 Å². The van der Waals surface area contributed by atoms with Crippen molar-refractivity contribution in [3.05, 3.63) is 36.7 Å². The Bertz CT molecular complexity index is 1070. The van der Waals surface area contributed by atoms with Gasteiger partial charge in [-0.1, -0.05) is 44.2 Å². The van der Waals surface area contributed by atoms with Crippen LogP contribution in [0.3, 0.4) is 0 Å². The van der Waals surface area contributed by atoms with Crippen molar-refractivity contribution in [2.24, 2.45) is 11.8 Å². The third-order valence-corrected chi connectivity index (χ3v) is 9.45. The Morgan fingerprint density at radius 2 is 1.52 bits per heavy atom. The highest BCUT2D eigenvalue weighted by atomic mass is 15.3. The highest BCUT2D eigenvalue weighted by Crippen LogP contribution is 2.47. The maximum absolute atomic E-state index is 5.04. The summed E-state index contributed by atoms with van der Waals surface area (Å²) >= 11 is 0. The molecule has 0 amide bonds. The minimum absolute atomic E-state index is 0.509. The molecule has 0 radical (unpaired) electrons. The molecule has 4 bridgehead atoms. The van der Waals surface area contributed by atoms with Crippen LogP contribution in [-0.4, -0.2) is 42.5 Å². The zero-order valence-corrected chi connectivity index (χ0v) is 19.7. The van der Waals surface area contributed by atoms with Crippen molar-refractivity contribution < 1.29 is 0 Å². The first kappa shape index (κ1) is 20.3. The summed E-state index contributed by atoms with van der Waals surface area (Å²) in [6.45, 7) is 0. The number of aromatic nitrogens is 4. The Kier molecular flexibility index (Phi) is 5.07. The van der Waals surface area contributed by atoms with Gasteiger partial charge in [0.2, 0.25) is 0 Å². The molecule has 2 aromatic heterocycles. The topological polar surface area (TPSA) is 49.7 Å². The molecule has 2 saturated heterocycles. The van der Waals surface area contributed by atoms with Crippen LogP contribution in [0.1, 0.15) is 83.1 Å². The predicted molar refractivity (Wildman–Crippen MR) is 132 cm³/mol. The first-order chi connectivity index (χ1) is 16.3. The molecule has 33 heavy (non-hydrogen) atoms. The highest BCUT2D eigenvalue weighted by molar-refractivity contribution is 5.79. The van der Waals surface area contributed by atoms with Gasteiger partial charge in [0, 0.05) is 36.6 Å². The highest BCUT2D eigenvalue weighted by Gasteiger charge is 2.45. The van der Waals surface area contributed by atoms with Gasteiger partial charge in [-0.15, -0.1) is 0 Å². The molecule has 4 heterocycles. The third kappa shape index (κ3) is 3.54. The van der Waals surface area contributed by atoms with Crippen LogP contribution in [0.25, 0.3) is 22.7 Å². The van der Waals surface area contributed by atoms with Crippen molar-refractivity contribution in [1.82, 2.24) is 24.4 Å². The van der Waals surface area contributed by atoms with E-state index in [1.54, 1.807) is 0 Å². The van der Waals surface area contributed by atoms with E-state index in [0.717, 1.165) is 47.1 Å². The van der Waals surface area contributed by atoms with E-state index in [1.807, 2.05) is 12.4 Å². The Balaban J connectivity index is 1.22. The van der Waals surface area contributed by atoms with Gasteiger partial charge in [0.25, 0.3) is 0 Å². The van der Waals surface area contributed by atoms with Gasteiger partial charge >= 0.3 is 0 Å². The first-order valence-electron chi connectivity index (χ1n) is 13.6. The number of imidazole rings is 2. The largest absolute Gasteiger partial charge is 0.342 e. The molecule has 2 aliphatic heterocycles. The summed E-state index contributed by atoms with van der Waals surface area (Å²) in [5.74, 6) is 3.91. The molecule has 1 aromatic carbocycles. The molecule has 6 atom stereocenters. The molecule has 174 valence electrons. The maximum Gasteiger partial charge on any atom is 0.177 e. The summed E-state index contributed by atoms with van der Waals surface area (Å²) in [5.41, 5.74) is 2.36. The molecule has 2 saturated carbocycles. The maximum atomic E-state index is 5.04. The second kappa shape index (κ2) is 8.26. The molecule has 5 nitrogen and oxygen atoms in total. The average molecular weight is 444 g/mol. The number of para-hydroxylation sites is 2. The number of nitrogens with zero attached hydrogens (tertiary/aromatic N) is 4. The summed E-state index contributed by atoms with van der Waals surface area (Å²) in [5, 5.41) is 0. The van der Waals surface area contributed by atoms with E-state index in [9.17, 15) is 0 Å². The van der Waals surface area contributed by atoms with Gasteiger partial charge in [-0.3, -0.25) is 4.90 Å². The fraction of sp³-hybridized carbons (Fsp3) is 0.643. The molecule has 3 aromatic rings. The Hall–Kier alpha value is -2.14. The number of rotatable bonds is 3. The van der Waals surface area contributed by atoms with Crippen LogP contribution >= 0.6 is 0 Å². The van der Waals surface area contributed by atoms with Crippen molar-refractivity contribution in [3.8, 4) is 11.6 Å². The number of hydrogen-bond donors (Lipinski definition) is 1. The zero-order chi connectivity index (χ0) is 21.8. The number of nitrogens with one attached hydrogen (secondary N) is 1. The normalized spacial score (nSPS) is 34.9. The van der Waals surface area contributed by atoms with Crippen molar-refractivity contribution in [2.45, 2.75) is 101 Å². The smallest absolute Gasteiger partial charge is 0.177 e. The van der Waals surface area contributed by atoms with E-state index in [1.165, 1.54) is 82.6 Å². The minimum atomic E-state index is 0.509. The molecule has 1 N–H and O–H groups in total. The minimum Gasteiger partial charge on any atom is -0.342 e. The van der Waals surface area contributed by atoms with E-state index in [0.29, 0.717) is 6.04 Å². The second-order valence-corrected chi connectivity index (χ2v) is 11.4. The van der Waals surface area contributed by atoms with Crippen LogP contribution in [0.5, 0.6) is 0 Å². The Labute approximate surface area is 197 Å². The van der Waals surface area contributed by atoms with Crippen LogP contribution in [0.2, 0.25) is 0 Å². The van der Waals surface area contributed by atoms with Crippen LogP contribution in [0, 0.1) is 11.8 Å². The van der Waals surface area contributed by atoms with Crippen molar-refractivity contribution in [3.63, 3.8) is 0 Å². The summed E-state index contributed by atoms with van der Waals surface area (Å²) in [4.78, 5) is 16.0. The zero-order valence-electron chi connectivity index (χ0n) is 19.7. The van der Waals surface area contributed by atoms with E-state index in [-0.39, 0.29) is 0 Å². The fourth-order valence-corrected chi connectivity index (χ4v) is 8.28. The van der Waals surface area contributed by atoms with Crippen LogP contribution in [0.4, 0.5) is 0 Å². The average Bonchev–Trinajstić information content (AvgIpc) is 3.45. The summed E-state index contributed by atoms with van der Waals surface area (Å²) in [6, 6.07) is 11.5. The fourth-order valence-electron chi connectivity index (χ4n) is 8.28. The van der Waals surface area contributed by atoms with Gasteiger partial charge in [0.1, 0.15) is 0 Å². The monoisotopic (exact) mass is 443 g/mol. The van der Waals surface area contributed by atoms with Gasteiger partial charge in [-0.2, -0.15) is 0 Å². The lowest BCUT2D eigenvalue weighted by molar-refractivity contribution is -0.0415. The van der Waals surface area contributed by atoms with Gasteiger partial charge in [-0.05, 0) is 68.9 Å². The third-order valence-electron chi connectivity index (χ3n) is 9.45. The van der Waals surface area contributed by atoms with Gasteiger partial charge in [-0.25, -0.2) is 9.97 Å². The quantitative estimate of drug-likeness (QED) is 0.514. The van der Waals surface area contributed by atoms with E-state index in [4.69, 9.17) is 4.98 Å². The molecular formula is C28H37N5. The van der Waals surface area contributed by atoms with E-state index in [2.05, 4.69) is 43.7 Å². The lowest BCUT2D eigenvalue weighted by Crippen LogP contribution is -2.58. The summed E-state index contributed by atoms with van der Waals surface area (Å²) in [7, 11) is 0. The number of benzene rings is 1. The van der Waals surface area contributed by atoms with E-state index < -0.39 is 0 Å². The number of piperidine rings is 2. The van der Waals surface area contributed by atoms with Gasteiger partial charge in [0.05, 0.1) is 11.0 Å². The molecule has 4 fully saturated rings. The summed E-state index contributed by atoms with van der Waals surface area (Å²) in [6.07, 6.45) is 20.9. The molecule has 2 aliphatic carbocycles. The van der Waals surface area contributed by atoms with Crippen molar-refractivity contribution in [1.29, 1.82) is 0 Å². The number of aromatic amines is 1. The first-order valence-corrected chi connectivity index (χ1v) is 13.6. The lowest BCUT2D eigenvalue weighted by Gasteiger charge is -2.54. The second-order valence-electron chi connectivity index (χ2n) is 11.4. The molecular weight excluding hydrogens is 406 g/mol. The van der Waals surface area contributed by atoms with Crippen molar-refractivity contribution >= 4 is 11.0 Å². The SMILES string of the molecule is c1ccc2c(c1)nc(-c1ncc[nH]1)n2C1C[C@H]2CCC[C@@H](C1)N2C1C[C@H]2CCCC[C@@H](C1)C2. The molecule has 2 unspecified atom stereocenters. The number of fused-ring (bicyclic) bond motifs is 5. The number of hydrogen-bond acceptors (Lipinski definition) is 3. The summed E-state index contributed by atoms with van der Waals surface area (Å²) < 4.78 is 2.54. The van der Waals surface area contributed by atoms with Gasteiger partial charge in [0.15, 0.2) is 11.6 Å². The molecule has 5 heteroatoms. The Morgan fingerprint density at radius 3 is 2.24 bits per heavy atom. The number of H-pyrrole nitrogens is 1.